The van der Waals surface area contributed by atoms with Crippen molar-refractivity contribution in [2.24, 2.45) is 0 Å². The van der Waals surface area contributed by atoms with E-state index in [2.05, 4.69) is 20.7 Å². The Morgan fingerprint density at radius 2 is 1.82 bits per heavy atom. The van der Waals surface area contributed by atoms with E-state index in [-0.39, 0.29) is 16.8 Å². The summed E-state index contributed by atoms with van der Waals surface area (Å²) in [4.78, 5) is 10.4. The number of aromatic carboxylic acids is 1. The molecule has 0 saturated carbocycles. The van der Waals surface area contributed by atoms with E-state index in [0.29, 0.717) is 0 Å². The minimum atomic E-state index is -4.23. The van der Waals surface area contributed by atoms with Crippen molar-refractivity contribution in [1.29, 1.82) is 0 Å². The molecule has 5 nitrogen and oxygen atoms in total. The maximum absolute atomic E-state index is 13.9. The van der Waals surface area contributed by atoms with Crippen LogP contribution in [0.4, 0.5) is 10.1 Å². The molecule has 0 bridgehead atoms. The van der Waals surface area contributed by atoms with Gasteiger partial charge in [-0.2, -0.15) is 0 Å². The number of aryl methyl sites for hydroxylation is 1. The van der Waals surface area contributed by atoms with Gasteiger partial charge in [0.2, 0.25) is 0 Å². The predicted octanol–water partition coefficient (Wildman–Crippen LogP) is 3.40. The zero-order valence-electron chi connectivity index (χ0n) is 11.3. The highest BCUT2D eigenvalue weighted by Crippen LogP contribution is 2.23. The minimum absolute atomic E-state index is 0.146. The first-order valence-corrected chi connectivity index (χ1v) is 8.30. The molecule has 0 spiro atoms. The quantitative estimate of drug-likeness (QED) is 0.841. The highest BCUT2D eigenvalue weighted by molar-refractivity contribution is 9.10. The summed E-state index contributed by atoms with van der Waals surface area (Å²) < 4.78 is 41.4. The smallest absolute Gasteiger partial charge is 0.335 e. The van der Waals surface area contributed by atoms with E-state index in [9.17, 15) is 17.6 Å². The molecule has 0 unspecified atom stereocenters. The van der Waals surface area contributed by atoms with Gasteiger partial charge < -0.3 is 5.11 Å². The zero-order valence-corrected chi connectivity index (χ0v) is 13.7. The third-order valence-corrected chi connectivity index (χ3v) is 4.82. The summed E-state index contributed by atoms with van der Waals surface area (Å²) in [7, 11) is -4.23. The molecule has 2 rings (SSSR count). The number of benzene rings is 2. The summed E-state index contributed by atoms with van der Waals surface area (Å²) in [5.41, 5.74) is 0.116. The molecule has 0 aliphatic heterocycles. The number of rotatable bonds is 4. The Kier molecular flexibility index (Phi) is 4.52. The number of carboxylic acids is 1. The molecule has 116 valence electrons. The number of hydrogen-bond donors (Lipinski definition) is 2. The van der Waals surface area contributed by atoms with Crippen molar-refractivity contribution in [3.63, 3.8) is 0 Å². The minimum Gasteiger partial charge on any atom is -0.478 e. The lowest BCUT2D eigenvalue weighted by molar-refractivity contribution is 0.0695. The first-order chi connectivity index (χ1) is 10.2. The second-order valence-electron chi connectivity index (χ2n) is 4.52. The van der Waals surface area contributed by atoms with Gasteiger partial charge in [-0.25, -0.2) is 17.6 Å². The van der Waals surface area contributed by atoms with Crippen molar-refractivity contribution >= 4 is 37.6 Å². The Morgan fingerprint density at radius 1 is 1.23 bits per heavy atom. The van der Waals surface area contributed by atoms with Crippen molar-refractivity contribution in [2.45, 2.75) is 11.8 Å². The van der Waals surface area contributed by atoms with E-state index < -0.39 is 26.7 Å². The number of nitrogens with one attached hydrogen (secondary N) is 1. The topological polar surface area (TPSA) is 83.5 Å². The highest BCUT2D eigenvalue weighted by atomic mass is 79.9. The third kappa shape index (κ3) is 3.45. The number of anilines is 1. The Morgan fingerprint density at radius 3 is 2.36 bits per heavy atom. The highest BCUT2D eigenvalue weighted by Gasteiger charge is 2.23. The first kappa shape index (κ1) is 16.4. The second-order valence-corrected chi connectivity index (χ2v) is 7.08. The van der Waals surface area contributed by atoms with Gasteiger partial charge in [-0.1, -0.05) is 15.9 Å². The van der Waals surface area contributed by atoms with Crippen molar-refractivity contribution in [1.82, 2.24) is 0 Å². The van der Waals surface area contributed by atoms with Gasteiger partial charge in [0.05, 0.1) is 5.56 Å². The van der Waals surface area contributed by atoms with Crippen LogP contribution >= 0.6 is 15.9 Å². The molecule has 2 aromatic rings. The van der Waals surface area contributed by atoms with Crippen LogP contribution in [0.25, 0.3) is 0 Å². The Bertz CT molecular complexity index is 835. The monoisotopic (exact) mass is 387 g/mol. The molecule has 0 aliphatic carbocycles. The van der Waals surface area contributed by atoms with Crippen molar-refractivity contribution in [2.75, 3.05) is 4.72 Å². The molecule has 2 N–H and O–H groups in total. The molecule has 0 atom stereocenters. The van der Waals surface area contributed by atoms with Gasteiger partial charge in [-0.3, -0.25) is 4.72 Å². The largest absolute Gasteiger partial charge is 0.478 e. The molecule has 22 heavy (non-hydrogen) atoms. The van der Waals surface area contributed by atoms with Crippen LogP contribution < -0.4 is 4.72 Å². The van der Waals surface area contributed by atoms with E-state index >= 15 is 0 Å². The van der Waals surface area contributed by atoms with Crippen LogP contribution in [0.3, 0.4) is 0 Å². The van der Waals surface area contributed by atoms with Gasteiger partial charge in [0, 0.05) is 10.2 Å². The molecule has 0 saturated heterocycles. The van der Waals surface area contributed by atoms with E-state index in [0.717, 1.165) is 16.6 Å². The summed E-state index contributed by atoms with van der Waals surface area (Å²) in [6.45, 7) is 1.39. The summed E-state index contributed by atoms with van der Waals surface area (Å²) in [5, 5.41) is 9.02. The van der Waals surface area contributed by atoms with Gasteiger partial charge in [0.25, 0.3) is 10.0 Å². The number of carboxylic acid groups (broad SMARTS) is 1. The SMILES string of the molecule is Cc1cc(F)c(S(=O)(=O)Nc2ccc(Br)cc2)cc1C(=O)O. The van der Waals surface area contributed by atoms with Crippen LogP contribution in [0.15, 0.2) is 45.8 Å². The maximum atomic E-state index is 13.9. The molecule has 0 radical (unpaired) electrons. The van der Waals surface area contributed by atoms with E-state index in [4.69, 9.17) is 5.11 Å². The fourth-order valence-corrected chi connectivity index (χ4v) is 3.23. The molecular formula is C14H11BrFNO4S. The van der Waals surface area contributed by atoms with Crippen molar-refractivity contribution < 1.29 is 22.7 Å². The molecule has 8 heteroatoms. The molecule has 0 heterocycles. The first-order valence-electron chi connectivity index (χ1n) is 6.02. The average molecular weight is 388 g/mol. The van der Waals surface area contributed by atoms with Gasteiger partial charge in [0.1, 0.15) is 10.7 Å². The van der Waals surface area contributed by atoms with Crippen LogP contribution in [0.5, 0.6) is 0 Å². The van der Waals surface area contributed by atoms with Gasteiger partial charge in [-0.15, -0.1) is 0 Å². The predicted molar refractivity (Wildman–Crippen MR) is 83.0 cm³/mol. The van der Waals surface area contributed by atoms with Crippen LogP contribution in [-0.4, -0.2) is 19.5 Å². The number of sulfonamides is 1. The van der Waals surface area contributed by atoms with Gasteiger partial charge in [-0.05, 0) is 48.9 Å². The van der Waals surface area contributed by atoms with Crippen molar-refractivity contribution in [3.05, 3.63) is 57.8 Å². The molecule has 0 aromatic heterocycles. The van der Waals surface area contributed by atoms with Crippen molar-refractivity contribution in [3.8, 4) is 0 Å². The molecule has 2 aromatic carbocycles. The standard InChI is InChI=1S/C14H11BrFNO4S/c1-8-6-12(16)13(7-11(8)14(18)19)22(20,21)17-10-4-2-9(15)3-5-10/h2-7,17H,1H3,(H,18,19). The Hall–Kier alpha value is -1.93. The molecular weight excluding hydrogens is 377 g/mol. The van der Waals surface area contributed by atoms with Gasteiger partial charge in [0.15, 0.2) is 0 Å². The molecule has 0 fully saturated rings. The third-order valence-electron chi connectivity index (χ3n) is 2.90. The van der Waals surface area contributed by atoms with Crippen LogP contribution in [0.2, 0.25) is 0 Å². The van der Waals surface area contributed by atoms with E-state index in [1.807, 2.05) is 0 Å². The maximum Gasteiger partial charge on any atom is 0.335 e. The van der Waals surface area contributed by atoms with Crippen LogP contribution in [0.1, 0.15) is 15.9 Å². The average Bonchev–Trinajstić information content (AvgIpc) is 2.40. The number of carbonyl (C=O) groups is 1. The lowest BCUT2D eigenvalue weighted by Gasteiger charge is -2.11. The summed E-state index contributed by atoms with van der Waals surface area (Å²) in [6, 6.07) is 7.92. The normalized spacial score (nSPS) is 11.2. The van der Waals surface area contributed by atoms with E-state index in [1.54, 1.807) is 12.1 Å². The van der Waals surface area contributed by atoms with E-state index in [1.165, 1.54) is 19.1 Å². The number of hydrogen-bond acceptors (Lipinski definition) is 3. The Balaban J connectivity index is 2.47. The summed E-state index contributed by atoms with van der Waals surface area (Å²) in [6.07, 6.45) is 0. The van der Waals surface area contributed by atoms with Crippen LogP contribution in [0, 0.1) is 12.7 Å². The second kappa shape index (κ2) is 6.05. The lowest BCUT2D eigenvalue weighted by atomic mass is 10.1. The zero-order chi connectivity index (χ0) is 16.5. The molecule has 0 aliphatic rings. The molecule has 0 amide bonds. The lowest BCUT2D eigenvalue weighted by Crippen LogP contribution is -2.16. The fourth-order valence-electron chi connectivity index (χ4n) is 1.82. The number of halogens is 2. The van der Waals surface area contributed by atoms with Crippen LogP contribution in [-0.2, 0) is 10.0 Å². The Labute approximate surface area is 135 Å². The summed E-state index contributed by atoms with van der Waals surface area (Å²) >= 11 is 3.21. The fraction of sp³-hybridized carbons (Fsp3) is 0.0714. The summed E-state index contributed by atoms with van der Waals surface area (Å²) in [5.74, 6) is -2.33. The van der Waals surface area contributed by atoms with Gasteiger partial charge >= 0.3 is 5.97 Å².